The van der Waals surface area contributed by atoms with Crippen LogP contribution in [0.15, 0.2) is 29.2 Å². The molecule has 0 unspecified atom stereocenters. The maximum atomic E-state index is 12.4. The summed E-state index contributed by atoms with van der Waals surface area (Å²) in [4.78, 5) is 11.2. The van der Waals surface area contributed by atoms with Crippen LogP contribution in [0.3, 0.4) is 0 Å². The summed E-state index contributed by atoms with van der Waals surface area (Å²) in [6, 6.07) is 2.98. The van der Waals surface area contributed by atoms with Crippen LogP contribution in [0.5, 0.6) is 0 Å². The molecule has 0 aliphatic heterocycles. The molecule has 0 aliphatic rings. The third-order valence-corrected chi connectivity index (χ3v) is 4.31. The van der Waals surface area contributed by atoms with Crippen LogP contribution in [0.25, 0.3) is 0 Å². The standard InChI is InChI=1S/C14H18F3NO3S/c1-10(2)4-3-5-13(19)18-22(20,21)12-8-6-11(7-9-12)14(15,16)17/h6-10H,3-5H2,1-2H3,(H,18,19). The van der Waals surface area contributed by atoms with Crippen LogP contribution in [0.4, 0.5) is 13.2 Å². The molecule has 22 heavy (non-hydrogen) atoms. The lowest BCUT2D eigenvalue weighted by atomic mass is 10.1. The molecule has 0 bridgehead atoms. The van der Waals surface area contributed by atoms with Crippen molar-refractivity contribution in [2.24, 2.45) is 5.92 Å². The van der Waals surface area contributed by atoms with Gasteiger partial charge in [0.05, 0.1) is 10.5 Å². The van der Waals surface area contributed by atoms with Crippen molar-refractivity contribution < 1.29 is 26.4 Å². The van der Waals surface area contributed by atoms with Crippen LogP contribution in [0.2, 0.25) is 0 Å². The van der Waals surface area contributed by atoms with E-state index in [0.29, 0.717) is 24.5 Å². The predicted molar refractivity (Wildman–Crippen MR) is 75.5 cm³/mol. The molecule has 0 saturated heterocycles. The van der Waals surface area contributed by atoms with E-state index in [1.165, 1.54) is 0 Å². The number of amides is 1. The Hall–Kier alpha value is -1.57. The number of carbonyl (C=O) groups excluding carboxylic acids is 1. The van der Waals surface area contributed by atoms with Crippen molar-refractivity contribution in [1.82, 2.24) is 4.72 Å². The first-order chi connectivity index (χ1) is 10.0. The monoisotopic (exact) mass is 337 g/mol. The minimum absolute atomic E-state index is 0.0536. The molecule has 4 nitrogen and oxygen atoms in total. The summed E-state index contributed by atoms with van der Waals surface area (Å²) in [7, 11) is -4.14. The van der Waals surface area contributed by atoms with E-state index in [4.69, 9.17) is 0 Å². The molecule has 1 amide bonds. The van der Waals surface area contributed by atoms with Gasteiger partial charge < -0.3 is 0 Å². The van der Waals surface area contributed by atoms with E-state index < -0.39 is 27.7 Å². The van der Waals surface area contributed by atoms with E-state index in [-0.39, 0.29) is 11.3 Å². The van der Waals surface area contributed by atoms with Gasteiger partial charge in [-0.05, 0) is 36.6 Å². The molecule has 124 valence electrons. The Balaban J connectivity index is 2.72. The lowest BCUT2D eigenvalue weighted by Gasteiger charge is -2.10. The highest BCUT2D eigenvalue weighted by Gasteiger charge is 2.30. The van der Waals surface area contributed by atoms with E-state index in [0.717, 1.165) is 18.6 Å². The molecule has 1 aromatic rings. The van der Waals surface area contributed by atoms with E-state index in [2.05, 4.69) is 0 Å². The Morgan fingerprint density at radius 1 is 1.18 bits per heavy atom. The number of rotatable bonds is 6. The van der Waals surface area contributed by atoms with E-state index in [1.54, 1.807) is 0 Å². The van der Waals surface area contributed by atoms with Gasteiger partial charge in [-0.1, -0.05) is 20.3 Å². The Morgan fingerprint density at radius 3 is 2.18 bits per heavy atom. The molecule has 1 rings (SSSR count). The molecule has 8 heteroatoms. The molecule has 0 saturated carbocycles. The predicted octanol–water partition coefficient (Wildman–Crippen LogP) is 3.34. The third-order valence-electron chi connectivity index (χ3n) is 2.93. The highest BCUT2D eigenvalue weighted by molar-refractivity contribution is 7.90. The second-order valence-electron chi connectivity index (χ2n) is 5.34. The maximum Gasteiger partial charge on any atom is 0.416 e. The number of nitrogens with one attached hydrogen (secondary N) is 1. The van der Waals surface area contributed by atoms with Crippen molar-refractivity contribution in [3.05, 3.63) is 29.8 Å². The van der Waals surface area contributed by atoms with Crippen LogP contribution in [-0.2, 0) is 21.0 Å². The number of hydrogen-bond acceptors (Lipinski definition) is 3. The van der Waals surface area contributed by atoms with Gasteiger partial charge in [0.25, 0.3) is 10.0 Å². The normalized spacial score (nSPS) is 12.5. The van der Waals surface area contributed by atoms with Crippen LogP contribution in [0.1, 0.15) is 38.7 Å². The lowest BCUT2D eigenvalue weighted by molar-refractivity contribution is -0.137. The third kappa shape index (κ3) is 5.67. The van der Waals surface area contributed by atoms with Crippen LogP contribution < -0.4 is 4.72 Å². The van der Waals surface area contributed by atoms with E-state index in [1.807, 2.05) is 18.6 Å². The first-order valence-corrected chi connectivity index (χ1v) is 8.23. The summed E-state index contributed by atoms with van der Waals surface area (Å²) < 4.78 is 62.9. The Morgan fingerprint density at radius 2 is 1.73 bits per heavy atom. The van der Waals surface area contributed by atoms with Gasteiger partial charge in [0.15, 0.2) is 0 Å². The number of halogens is 3. The number of hydrogen-bond donors (Lipinski definition) is 1. The zero-order valence-electron chi connectivity index (χ0n) is 12.3. The van der Waals surface area contributed by atoms with Gasteiger partial charge in [-0.15, -0.1) is 0 Å². The molecular weight excluding hydrogens is 319 g/mol. The topological polar surface area (TPSA) is 63.2 Å². The summed E-state index contributed by atoms with van der Waals surface area (Å²) in [5, 5.41) is 0. The SMILES string of the molecule is CC(C)CCCC(=O)NS(=O)(=O)c1ccc(C(F)(F)F)cc1. The molecule has 1 aromatic carbocycles. The minimum Gasteiger partial charge on any atom is -0.274 e. The lowest BCUT2D eigenvalue weighted by Crippen LogP contribution is -2.30. The Labute approximate surface area is 127 Å². The average molecular weight is 337 g/mol. The number of sulfonamides is 1. The fourth-order valence-electron chi connectivity index (χ4n) is 1.75. The van der Waals surface area contributed by atoms with Gasteiger partial charge in [0.1, 0.15) is 0 Å². The van der Waals surface area contributed by atoms with Gasteiger partial charge in [0.2, 0.25) is 5.91 Å². The zero-order valence-corrected chi connectivity index (χ0v) is 13.1. The summed E-state index contributed by atoms with van der Waals surface area (Å²) >= 11 is 0. The van der Waals surface area contributed by atoms with Crippen molar-refractivity contribution in [3.63, 3.8) is 0 Å². The van der Waals surface area contributed by atoms with Crippen molar-refractivity contribution in [1.29, 1.82) is 0 Å². The molecule has 0 fully saturated rings. The van der Waals surface area contributed by atoms with Crippen molar-refractivity contribution in [3.8, 4) is 0 Å². The number of carbonyl (C=O) groups is 1. The molecule has 0 spiro atoms. The minimum atomic E-state index is -4.54. The molecule has 0 heterocycles. The molecule has 1 N–H and O–H groups in total. The van der Waals surface area contributed by atoms with Crippen LogP contribution in [0, 0.1) is 5.92 Å². The van der Waals surface area contributed by atoms with Gasteiger partial charge in [-0.3, -0.25) is 4.79 Å². The van der Waals surface area contributed by atoms with Gasteiger partial charge in [-0.25, -0.2) is 13.1 Å². The van der Waals surface area contributed by atoms with Crippen molar-refractivity contribution in [2.75, 3.05) is 0 Å². The first-order valence-electron chi connectivity index (χ1n) is 6.75. The van der Waals surface area contributed by atoms with Gasteiger partial charge >= 0.3 is 6.18 Å². The van der Waals surface area contributed by atoms with Crippen molar-refractivity contribution >= 4 is 15.9 Å². The summed E-state index contributed by atoms with van der Waals surface area (Å²) in [5.74, 6) is -0.264. The zero-order chi connectivity index (χ0) is 17.0. The molecule has 0 aliphatic carbocycles. The smallest absolute Gasteiger partial charge is 0.274 e. The summed E-state index contributed by atoms with van der Waals surface area (Å²) in [5.41, 5.74) is -0.949. The van der Waals surface area contributed by atoms with Crippen LogP contribution in [-0.4, -0.2) is 14.3 Å². The van der Waals surface area contributed by atoms with Gasteiger partial charge in [0, 0.05) is 6.42 Å². The molecular formula is C14H18F3NO3S. The van der Waals surface area contributed by atoms with Crippen molar-refractivity contribution in [2.45, 2.75) is 44.2 Å². The fraction of sp³-hybridized carbons (Fsp3) is 0.500. The number of alkyl halides is 3. The quantitative estimate of drug-likeness (QED) is 0.866. The molecule has 0 aromatic heterocycles. The largest absolute Gasteiger partial charge is 0.416 e. The average Bonchev–Trinajstić information content (AvgIpc) is 2.36. The second-order valence-corrected chi connectivity index (χ2v) is 7.02. The maximum absolute atomic E-state index is 12.4. The van der Waals surface area contributed by atoms with Gasteiger partial charge in [-0.2, -0.15) is 13.2 Å². The molecule has 0 atom stereocenters. The number of benzene rings is 1. The highest BCUT2D eigenvalue weighted by atomic mass is 32.2. The Bertz CT molecular complexity index is 607. The first kappa shape index (κ1) is 18.5. The fourth-order valence-corrected chi connectivity index (χ4v) is 2.77. The molecule has 0 radical (unpaired) electrons. The summed E-state index contributed by atoms with van der Waals surface area (Å²) in [6.07, 6.45) is -3.15. The van der Waals surface area contributed by atoms with E-state index >= 15 is 0 Å². The highest BCUT2D eigenvalue weighted by Crippen LogP contribution is 2.29. The van der Waals surface area contributed by atoms with Crippen LogP contribution >= 0.6 is 0 Å². The summed E-state index contributed by atoms with van der Waals surface area (Å²) in [6.45, 7) is 3.97. The van der Waals surface area contributed by atoms with E-state index in [9.17, 15) is 26.4 Å². The second kappa shape index (κ2) is 7.13. The Kier molecular flexibility index (Phi) is 5.99.